The fourth-order valence-corrected chi connectivity index (χ4v) is 2.56. The van der Waals surface area contributed by atoms with E-state index < -0.39 is 0 Å². The van der Waals surface area contributed by atoms with Gasteiger partial charge in [0.1, 0.15) is 5.69 Å². The predicted molar refractivity (Wildman–Crippen MR) is 74.6 cm³/mol. The highest BCUT2D eigenvalue weighted by atomic mass is 16.3. The lowest BCUT2D eigenvalue weighted by molar-refractivity contribution is 0.0942. The lowest BCUT2D eigenvalue weighted by atomic mass is 9.99. The Morgan fingerprint density at radius 2 is 2.40 bits per heavy atom. The first-order valence-electron chi connectivity index (χ1n) is 7.08. The van der Waals surface area contributed by atoms with Crippen LogP contribution >= 0.6 is 0 Å². The van der Waals surface area contributed by atoms with Crippen molar-refractivity contribution < 1.29 is 9.90 Å². The van der Waals surface area contributed by atoms with Gasteiger partial charge in [-0.15, -0.1) is 0 Å². The summed E-state index contributed by atoms with van der Waals surface area (Å²) >= 11 is 0. The number of amides is 1. The molecule has 4 N–H and O–H groups in total. The lowest BCUT2D eigenvalue weighted by Crippen LogP contribution is -2.38. The summed E-state index contributed by atoms with van der Waals surface area (Å²) in [4.78, 5) is 29.7. The molecule has 1 aliphatic heterocycles. The van der Waals surface area contributed by atoms with Gasteiger partial charge in [-0.2, -0.15) is 0 Å². The highest BCUT2D eigenvalue weighted by Crippen LogP contribution is 2.15. The van der Waals surface area contributed by atoms with Crippen molar-refractivity contribution in [3.63, 3.8) is 0 Å². The molecule has 0 unspecified atom stereocenters. The van der Waals surface area contributed by atoms with Gasteiger partial charge in [-0.05, 0) is 38.3 Å². The number of likely N-dealkylation sites (tertiary alicyclic amines) is 1. The number of hydrogen-bond donors (Lipinski definition) is 4. The number of hydrogen-bond acceptors (Lipinski definition) is 4. The van der Waals surface area contributed by atoms with Crippen LogP contribution in [0.15, 0.2) is 11.0 Å². The third kappa shape index (κ3) is 4.21. The van der Waals surface area contributed by atoms with Gasteiger partial charge in [0.2, 0.25) is 0 Å². The SMILES string of the molecule is O=C(NCCCN1CCC[C@H](CO)C1)c1c[nH]c(=O)[nH]1. The number of imidazole rings is 1. The first-order valence-corrected chi connectivity index (χ1v) is 7.08. The van der Waals surface area contributed by atoms with E-state index >= 15 is 0 Å². The number of nitrogens with one attached hydrogen (secondary N) is 3. The molecule has 1 aromatic rings. The van der Waals surface area contributed by atoms with Gasteiger partial charge >= 0.3 is 5.69 Å². The molecule has 0 spiro atoms. The summed E-state index contributed by atoms with van der Waals surface area (Å²) in [6, 6.07) is 0. The number of aromatic amines is 2. The fourth-order valence-electron chi connectivity index (χ4n) is 2.56. The van der Waals surface area contributed by atoms with Crippen LogP contribution in [0.25, 0.3) is 0 Å². The number of carbonyl (C=O) groups excluding carboxylic acids is 1. The minimum absolute atomic E-state index is 0.258. The first kappa shape index (κ1) is 14.8. The van der Waals surface area contributed by atoms with Gasteiger partial charge < -0.3 is 25.3 Å². The molecule has 1 amide bonds. The van der Waals surface area contributed by atoms with Crippen molar-refractivity contribution in [1.82, 2.24) is 20.2 Å². The Bertz CT molecular complexity index is 482. The molecule has 0 saturated carbocycles. The third-order valence-electron chi connectivity index (χ3n) is 3.64. The van der Waals surface area contributed by atoms with Crippen LogP contribution < -0.4 is 11.0 Å². The van der Waals surface area contributed by atoms with Crippen molar-refractivity contribution in [1.29, 1.82) is 0 Å². The summed E-state index contributed by atoms with van der Waals surface area (Å²) in [5.74, 6) is 0.124. The fraction of sp³-hybridized carbons (Fsp3) is 0.692. The molecule has 1 aromatic heterocycles. The normalized spacial score (nSPS) is 19.9. The molecule has 2 heterocycles. The molecule has 112 valence electrons. The Morgan fingerprint density at radius 1 is 1.55 bits per heavy atom. The summed E-state index contributed by atoms with van der Waals surface area (Å²) in [7, 11) is 0. The summed E-state index contributed by atoms with van der Waals surface area (Å²) in [5.41, 5.74) is -0.119. The van der Waals surface area contributed by atoms with Crippen LogP contribution in [-0.4, -0.2) is 58.7 Å². The average Bonchev–Trinajstić information content (AvgIpc) is 2.90. The van der Waals surface area contributed by atoms with Crippen LogP contribution in [0.4, 0.5) is 0 Å². The zero-order valence-electron chi connectivity index (χ0n) is 11.5. The molecular formula is C13H22N4O3. The second-order valence-corrected chi connectivity index (χ2v) is 5.26. The van der Waals surface area contributed by atoms with Crippen LogP contribution in [-0.2, 0) is 0 Å². The average molecular weight is 282 g/mol. The molecule has 1 fully saturated rings. The van der Waals surface area contributed by atoms with E-state index in [0.717, 1.165) is 38.9 Å². The van der Waals surface area contributed by atoms with Gasteiger partial charge in [0.15, 0.2) is 0 Å². The lowest BCUT2D eigenvalue weighted by Gasteiger charge is -2.31. The maximum Gasteiger partial charge on any atom is 0.323 e. The Balaban J connectivity index is 1.64. The third-order valence-corrected chi connectivity index (χ3v) is 3.64. The molecule has 0 bridgehead atoms. The van der Waals surface area contributed by atoms with E-state index in [9.17, 15) is 9.59 Å². The smallest absolute Gasteiger partial charge is 0.323 e. The largest absolute Gasteiger partial charge is 0.396 e. The minimum Gasteiger partial charge on any atom is -0.396 e. The van der Waals surface area contributed by atoms with Gasteiger partial charge in [0.25, 0.3) is 5.91 Å². The van der Waals surface area contributed by atoms with Crippen molar-refractivity contribution >= 4 is 5.91 Å². The highest BCUT2D eigenvalue weighted by molar-refractivity contribution is 5.91. The van der Waals surface area contributed by atoms with Crippen LogP contribution in [0, 0.1) is 5.92 Å². The molecule has 1 atom stereocenters. The number of nitrogens with zero attached hydrogens (tertiary/aromatic N) is 1. The zero-order chi connectivity index (χ0) is 14.4. The molecule has 20 heavy (non-hydrogen) atoms. The molecule has 7 heteroatoms. The van der Waals surface area contributed by atoms with Gasteiger partial charge in [-0.3, -0.25) is 4.79 Å². The van der Waals surface area contributed by atoms with Gasteiger partial charge in [-0.25, -0.2) is 4.79 Å². The second-order valence-electron chi connectivity index (χ2n) is 5.26. The molecule has 0 aromatic carbocycles. The molecular weight excluding hydrogens is 260 g/mol. The van der Waals surface area contributed by atoms with E-state index in [1.165, 1.54) is 6.20 Å². The number of aromatic nitrogens is 2. The van der Waals surface area contributed by atoms with Crippen LogP contribution in [0.3, 0.4) is 0 Å². The number of aliphatic hydroxyl groups is 1. The van der Waals surface area contributed by atoms with E-state index in [-0.39, 0.29) is 23.9 Å². The zero-order valence-corrected chi connectivity index (χ0v) is 11.5. The summed E-state index contributed by atoms with van der Waals surface area (Å²) in [6.07, 6.45) is 4.46. The highest BCUT2D eigenvalue weighted by Gasteiger charge is 2.18. The Kier molecular flexibility index (Phi) is 5.37. The Morgan fingerprint density at radius 3 is 3.10 bits per heavy atom. The number of rotatable bonds is 6. The molecule has 1 aliphatic rings. The minimum atomic E-state index is -0.376. The van der Waals surface area contributed by atoms with Gasteiger partial charge in [0, 0.05) is 25.9 Å². The van der Waals surface area contributed by atoms with Crippen LogP contribution in [0.2, 0.25) is 0 Å². The topological polar surface area (TPSA) is 101 Å². The number of carbonyl (C=O) groups is 1. The van der Waals surface area contributed by atoms with E-state index in [4.69, 9.17) is 5.11 Å². The maximum atomic E-state index is 11.7. The van der Waals surface area contributed by atoms with Crippen LogP contribution in [0.5, 0.6) is 0 Å². The van der Waals surface area contributed by atoms with Crippen LogP contribution in [0.1, 0.15) is 29.8 Å². The summed E-state index contributed by atoms with van der Waals surface area (Å²) in [6.45, 7) is 3.76. The predicted octanol–water partition coefficient (Wildman–Crippen LogP) is -0.473. The molecule has 0 aliphatic carbocycles. The summed E-state index contributed by atoms with van der Waals surface area (Å²) < 4.78 is 0. The standard InChI is InChI=1S/C13H22N4O3/c18-9-10-3-1-5-17(8-10)6-2-4-14-12(19)11-7-15-13(20)16-11/h7,10,18H,1-6,8-9H2,(H,14,19)(H2,15,16,20)/t10-/m0/s1. The Hall–Kier alpha value is -1.60. The number of piperidine rings is 1. The van der Waals surface area contributed by atoms with E-state index in [1.54, 1.807) is 0 Å². The quantitative estimate of drug-likeness (QED) is 0.530. The maximum absolute atomic E-state index is 11.7. The van der Waals surface area contributed by atoms with Gasteiger partial charge in [-0.1, -0.05) is 0 Å². The van der Waals surface area contributed by atoms with Crippen molar-refractivity contribution in [2.75, 3.05) is 32.8 Å². The van der Waals surface area contributed by atoms with Crippen molar-refractivity contribution in [2.45, 2.75) is 19.3 Å². The van der Waals surface area contributed by atoms with Crippen molar-refractivity contribution in [3.05, 3.63) is 22.4 Å². The van der Waals surface area contributed by atoms with E-state index in [2.05, 4.69) is 20.2 Å². The second kappa shape index (κ2) is 7.25. The van der Waals surface area contributed by atoms with Gasteiger partial charge in [0.05, 0.1) is 0 Å². The summed E-state index contributed by atoms with van der Waals surface area (Å²) in [5, 5.41) is 11.9. The van der Waals surface area contributed by atoms with Crippen molar-refractivity contribution in [3.8, 4) is 0 Å². The van der Waals surface area contributed by atoms with E-state index in [0.29, 0.717) is 12.5 Å². The van der Waals surface area contributed by atoms with Crippen molar-refractivity contribution in [2.24, 2.45) is 5.92 Å². The molecule has 2 rings (SSSR count). The Labute approximate surface area is 117 Å². The molecule has 0 radical (unpaired) electrons. The number of H-pyrrole nitrogens is 2. The molecule has 1 saturated heterocycles. The number of aliphatic hydroxyl groups excluding tert-OH is 1. The molecule has 7 nitrogen and oxygen atoms in total. The van der Waals surface area contributed by atoms with E-state index in [1.807, 2.05) is 0 Å². The first-order chi connectivity index (χ1) is 9.69. The monoisotopic (exact) mass is 282 g/mol.